The second-order valence-corrected chi connectivity index (χ2v) is 16.2. The van der Waals surface area contributed by atoms with E-state index in [-0.39, 0.29) is 22.9 Å². The molecule has 0 radical (unpaired) electrons. The van der Waals surface area contributed by atoms with E-state index in [0.717, 1.165) is 48.1 Å². The number of aryl methyl sites for hydroxylation is 2. The lowest BCUT2D eigenvalue weighted by atomic mass is 9.63. The zero-order valence-corrected chi connectivity index (χ0v) is 27.4. The Balaban J connectivity index is 1.32. The van der Waals surface area contributed by atoms with E-state index in [1.165, 1.54) is 38.5 Å². The summed E-state index contributed by atoms with van der Waals surface area (Å²) in [5, 5.41) is 0. The lowest BCUT2D eigenvalue weighted by molar-refractivity contribution is -0.0339. The van der Waals surface area contributed by atoms with Gasteiger partial charge >= 0.3 is 0 Å². The number of anilines is 1. The molecule has 8 heteroatoms. The van der Waals surface area contributed by atoms with Crippen molar-refractivity contribution in [2.45, 2.75) is 114 Å². The number of ether oxygens (including phenoxy) is 1. The molecule has 6 bridgehead atoms. The van der Waals surface area contributed by atoms with Crippen molar-refractivity contribution in [3.8, 4) is 17.1 Å². The molecule has 2 aromatic carbocycles. The fourth-order valence-corrected chi connectivity index (χ4v) is 9.79. The highest BCUT2D eigenvalue weighted by Gasteiger charge is 2.50. The molecule has 2 aliphatic heterocycles. The van der Waals surface area contributed by atoms with E-state index in [4.69, 9.17) is 9.72 Å². The smallest absolute Gasteiger partial charge is 0.264 e. The molecule has 7 nitrogen and oxygen atoms in total. The van der Waals surface area contributed by atoms with E-state index in [1.807, 2.05) is 24.3 Å². The summed E-state index contributed by atoms with van der Waals surface area (Å²) in [5.41, 5.74) is 5.41. The lowest BCUT2D eigenvalue weighted by Crippen LogP contribution is -2.55. The molecule has 1 spiro atoms. The van der Waals surface area contributed by atoms with Crippen molar-refractivity contribution >= 4 is 16.0 Å². The number of fused-ring (bicyclic) bond motifs is 7. The van der Waals surface area contributed by atoms with Crippen LogP contribution in [-0.4, -0.2) is 48.0 Å². The number of nitrogens with one attached hydrogen (secondary N) is 1. The van der Waals surface area contributed by atoms with Crippen molar-refractivity contribution in [3.05, 3.63) is 65.2 Å². The average Bonchev–Trinajstić information content (AvgIpc) is 3.37. The van der Waals surface area contributed by atoms with Gasteiger partial charge in [0.2, 0.25) is 11.8 Å². The Morgan fingerprint density at radius 2 is 1.73 bits per heavy atom. The first-order valence-electron chi connectivity index (χ1n) is 16.6. The molecule has 234 valence electrons. The van der Waals surface area contributed by atoms with Crippen LogP contribution in [0.5, 0.6) is 5.88 Å². The highest BCUT2D eigenvalue weighted by Crippen LogP contribution is 2.56. The van der Waals surface area contributed by atoms with E-state index >= 15 is 0 Å². The maximum absolute atomic E-state index is 13.7. The van der Waals surface area contributed by atoms with Crippen LogP contribution in [0.25, 0.3) is 11.3 Å². The summed E-state index contributed by atoms with van der Waals surface area (Å²) in [6.45, 7) is 9.61. The van der Waals surface area contributed by atoms with Crippen molar-refractivity contribution in [2.75, 3.05) is 11.3 Å². The number of likely N-dealkylation sites (tertiary alicyclic amines) is 1. The largest absolute Gasteiger partial charge is 0.473 e. The van der Waals surface area contributed by atoms with E-state index in [0.29, 0.717) is 35.0 Å². The molecule has 2 aliphatic carbocycles. The van der Waals surface area contributed by atoms with Gasteiger partial charge in [-0.3, -0.25) is 4.90 Å². The summed E-state index contributed by atoms with van der Waals surface area (Å²) in [6.07, 6.45) is 11.0. The number of hydrogen-bond donors (Lipinski definition) is 1. The minimum absolute atomic E-state index is 0.0352. The number of nitrogens with zero attached hydrogens (tertiary/aromatic N) is 3. The molecule has 3 heterocycles. The number of aromatic nitrogens is 2. The fraction of sp³-hybridized carbons (Fsp3) is 0.556. The zero-order chi connectivity index (χ0) is 30.6. The van der Waals surface area contributed by atoms with Crippen LogP contribution in [0.4, 0.5) is 5.95 Å². The Bertz CT molecular complexity index is 1620. The molecule has 1 saturated heterocycles. The van der Waals surface area contributed by atoms with Crippen molar-refractivity contribution in [1.82, 2.24) is 14.9 Å². The van der Waals surface area contributed by atoms with Gasteiger partial charge in [-0.2, -0.15) is 4.98 Å². The van der Waals surface area contributed by atoms with Crippen LogP contribution in [0, 0.1) is 25.2 Å². The maximum Gasteiger partial charge on any atom is 0.264 e. The lowest BCUT2D eigenvalue weighted by Gasteiger charge is -2.53. The Morgan fingerprint density at radius 3 is 2.45 bits per heavy atom. The normalized spacial score (nSPS) is 27.4. The van der Waals surface area contributed by atoms with Crippen LogP contribution in [0.15, 0.2) is 53.4 Å². The molecule has 2 saturated carbocycles. The summed E-state index contributed by atoms with van der Waals surface area (Å²) < 4.78 is 36.9. The summed E-state index contributed by atoms with van der Waals surface area (Å²) in [4.78, 5) is 12.4. The Morgan fingerprint density at radius 1 is 1.00 bits per heavy atom. The van der Waals surface area contributed by atoms with Gasteiger partial charge in [-0.25, -0.2) is 18.1 Å². The van der Waals surface area contributed by atoms with Crippen molar-refractivity contribution < 1.29 is 13.2 Å². The highest BCUT2D eigenvalue weighted by atomic mass is 32.2. The van der Waals surface area contributed by atoms with Crippen LogP contribution >= 0.6 is 0 Å². The Labute approximate surface area is 262 Å². The third kappa shape index (κ3) is 5.76. The molecule has 1 unspecified atom stereocenters. The van der Waals surface area contributed by atoms with E-state index < -0.39 is 10.0 Å². The molecule has 3 atom stereocenters. The van der Waals surface area contributed by atoms with Gasteiger partial charge in [0.05, 0.1) is 10.6 Å². The van der Waals surface area contributed by atoms with Gasteiger partial charge in [0.25, 0.3) is 10.0 Å². The van der Waals surface area contributed by atoms with Gasteiger partial charge < -0.3 is 4.74 Å². The molecule has 7 rings (SSSR count). The van der Waals surface area contributed by atoms with Gasteiger partial charge in [-0.05, 0) is 105 Å². The van der Waals surface area contributed by atoms with Gasteiger partial charge in [-0.15, -0.1) is 0 Å². The third-order valence-electron chi connectivity index (χ3n) is 10.8. The number of hydrogen-bond acceptors (Lipinski definition) is 6. The Kier molecular flexibility index (Phi) is 7.72. The first-order valence-corrected chi connectivity index (χ1v) is 18.1. The molecule has 3 fully saturated rings. The summed E-state index contributed by atoms with van der Waals surface area (Å²) in [7, 11) is -3.91. The first-order chi connectivity index (χ1) is 21.1. The van der Waals surface area contributed by atoms with Crippen LogP contribution in [-0.2, 0) is 10.0 Å². The second kappa shape index (κ2) is 11.4. The average molecular weight is 615 g/mol. The molecule has 1 aromatic heterocycles. The monoisotopic (exact) mass is 614 g/mol. The highest BCUT2D eigenvalue weighted by molar-refractivity contribution is 7.92. The molecule has 1 N–H and O–H groups in total. The van der Waals surface area contributed by atoms with Crippen LogP contribution in [0.3, 0.4) is 0 Å². The van der Waals surface area contributed by atoms with Crippen LogP contribution in [0.1, 0.15) is 94.2 Å². The van der Waals surface area contributed by atoms with Crippen LogP contribution < -0.4 is 9.46 Å². The molecular weight excluding hydrogens is 568 g/mol. The molecule has 44 heavy (non-hydrogen) atoms. The van der Waals surface area contributed by atoms with Crippen molar-refractivity contribution in [3.63, 3.8) is 0 Å². The maximum atomic E-state index is 13.7. The third-order valence-corrected chi connectivity index (χ3v) is 12.1. The molecule has 4 aliphatic rings. The molecular formula is C36H46N4O3S. The van der Waals surface area contributed by atoms with E-state index in [9.17, 15) is 8.42 Å². The number of rotatable bonds is 4. The van der Waals surface area contributed by atoms with Crippen molar-refractivity contribution in [1.29, 1.82) is 0 Å². The predicted octanol–water partition coefficient (Wildman–Crippen LogP) is 7.64. The minimum Gasteiger partial charge on any atom is -0.473 e. The van der Waals surface area contributed by atoms with Gasteiger partial charge in [0.1, 0.15) is 6.10 Å². The minimum atomic E-state index is -3.91. The quantitative estimate of drug-likeness (QED) is 0.325. The SMILES string of the molecule is Cc1cccc(C)c1-c1cc2nc(n1)NS(=O)(=O)c1cccc(c1)C1C[C@@H](CN(C3CC4(CCCC4)C3)[C@@H](CC(C)C)C1)O2. The van der Waals surface area contributed by atoms with Gasteiger partial charge in [-0.1, -0.05) is 57.0 Å². The topological polar surface area (TPSA) is 84.4 Å². The summed E-state index contributed by atoms with van der Waals surface area (Å²) in [5.74, 6) is 1.21. The van der Waals surface area contributed by atoms with Gasteiger partial charge in [0.15, 0.2) is 0 Å². The van der Waals surface area contributed by atoms with Crippen LogP contribution in [0.2, 0.25) is 0 Å². The fourth-order valence-electron chi connectivity index (χ4n) is 8.79. The summed E-state index contributed by atoms with van der Waals surface area (Å²) in [6, 6.07) is 16.5. The Hall–Kier alpha value is -2.97. The van der Waals surface area contributed by atoms with E-state index in [1.54, 1.807) is 6.07 Å². The first kappa shape index (κ1) is 29.7. The zero-order valence-electron chi connectivity index (χ0n) is 26.6. The number of benzene rings is 2. The predicted molar refractivity (Wildman–Crippen MR) is 174 cm³/mol. The number of sulfonamides is 1. The van der Waals surface area contributed by atoms with Gasteiger partial charge in [0, 0.05) is 30.3 Å². The summed E-state index contributed by atoms with van der Waals surface area (Å²) >= 11 is 0. The molecule has 0 amide bonds. The second-order valence-electron chi connectivity index (χ2n) is 14.5. The standard InChI is InChI=1S/C36H46N4O3S/c1-23(2)15-28-16-27-17-30(22-40(28)29-20-36(21-29)13-5-6-14-36)43-33-19-32(34-24(3)9-7-10-25(34)4)37-35(38-33)39-44(41,42)31-12-8-11-26(27)18-31/h7-12,18-19,23,27-30H,5-6,13-17,20-22H2,1-4H3,(H,37,38,39)/t27?,28-,30-/m0/s1. The van der Waals surface area contributed by atoms with E-state index in [2.05, 4.69) is 60.5 Å². The van der Waals surface area contributed by atoms with Crippen molar-refractivity contribution in [2.24, 2.45) is 11.3 Å². The molecule has 3 aromatic rings.